The Labute approximate surface area is 154 Å². The van der Waals surface area contributed by atoms with Crippen molar-refractivity contribution < 1.29 is 18.3 Å². The third-order valence-corrected chi connectivity index (χ3v) is 4.31. The smallest absolute Gasteiger partial charge is 0.261 e. The first-order valence-corrected chi connectivity index (χ1v) is 8.43. The second kappa shape index (κ2) is 6.68. The zero-order valence-corrected chi connectivity index (χ0v) is 14.5. The van der Waals surface area contributed by atoms with Crippen molar-refractivity contribution in [1.82, 2.24) is 24.6 Å². The second-order valence-electron chi connectivity index (χ2n) is 5.41. The summed E-state index contributed by atoms with van der Waals surface area (Å²) in [5.41, 5.74) is 1.17. The van der Waals surface area contributed by atoms with Crippen LogP contribution in [0.25, 0.3) is 5.65 Å². The molecule has 0 aromatic carbocycles. The van der Waals surface area contributed by atoms with Gasteiger partial charge in [0.05, 0.1) is 23.7 Å². The van der Waals surface area contributed by atoms with E-state index in [-0.39, 0.29) is 17.0 Å². The van der Waals surface area contributed by atoms with Crippen LogP contribution in [-0.2, 0) is 0 Å². The number of anilines is 1. The summed E-state index contributed by atoms with van der Waals surface area (Å²) in [6.07, 6.45) is 3.38. The normalized spacial score (nSPS) is 10.9. The Morgan fingerprint density at radius 2 is 2.15 bits per heavy atom. The van der Waals surface area contributed by atoms with E-state index in [9.17, 15) is 13.6 Å². The Kier molecular flexibility index (Phi) is 4.20. The predicted molar refractivity (Wildman–Crippen MR) is 92.0 cm³/mol. The fourth-order valence-corrected chi connectivity index (χ4v) is 2.99. The number of carbonyl (C=O) groups excluding carboxylic acids is 1. The molecule has 0 saturated carbocycles. The quantitative estimate of drug-likeness (QED) is 0.540. The third-order valence-electron chi connectivity index (χ3n) is 3.44. The van der Waals surface area contributed by atoms with Crippen LogP contribution in [0.4, 0.5) is 13.9 Å². The average Bonchev–Trinajstić information content (AvgIpc) is 3.26. The van der Waals surface area contributed by atoms with Crippen LogP contribution in [-0.4, -0.2) is 30.5 Å². The predicted octanol–water partition coefficient (Wildman–Crippen LogP) is 3.21. The van der Waals surface area contributed by atoms with Crippen molar-refractivity contribution in [2.45, 2.75) is 6.92 Å². The standard InChI is InChI=1S/C16H10F2N6O2S/c1-8-6-27-16(22-8)23-15(25)11-3-10(5-24-14(11)20-7-21-24)26-12-2-9(17)4-19-13(12)18/h2-7H,1H3,(H,22,23,25). The lowest BCUT2D eigenvalue weighted by molar-refractivity contribution is 0.102. The fraction of sp³-hybridized carbons (Fsp3) is 0.0625. The second-order valence-corrected chi connectivity index (χ2v) is 6.27. The van der Waals surface area contributed by atoms with Crippen molar-refractivity contribution in [2.75, 3.05) is 5.32 Å². The maximum absolute atomic E-state index is 13.7. The van der Waals surface area contributed by atoms with E-state index in [1.165, 1.54) is 34.4 Å². The summed E-state index contributed by atoms with van der Waals surface area (Å²) in [5, 5.41) is 8.83. The van der Waals surface area contributed by atoms with E-state index in [2.05, 4.69) is 25.4 Å². The van der Waals surface area contributed by atoms with Gasteiger partial charge in [-0.2, -0.15) is 9.49 Å². The minimum atomic E-state index is -0.987. The van der Waals surface area contributed by atoms with Crippen LogP contribution >= 0.6 is 11.3 Å². The van der Waals surface area contributed by atoms with Gasteiger partial charge < -0.3 is 4.74 Å². The molecule has 0 unspecified atom stereocenters. The number of thiazole rings is 1. The van der Waals surface area contributed by atoms with Gasteiger partial charge in [0.1, 0.15) is 17.9 Å². The number of rotatable bonds is 4. The molecule has 4 aromatic heterocycles. The Morgan fingerprint density at radius 3 is 2.93 bits per heavy atom. The number of hydrogen-bond donors (Lipinski definition) is 1. The van der Waals surface area contributed by atoms with Crippen LogP contribution in [0, 0.1) is 18.7 Å². The minimum Gasteiger partial charge on any atom is -0.451 e. The molecule has 0 saturated heterocycles. The number of aromatic nitrogens is 5. The zero-order valence-electron chi connectivity index (χ0n) is 13.7. The van der Waals surface area contributed by atoms with Crippen molar-refractivity contribution in [1.29, 1.82) is 0 Å². The van der Waals surface area contributed by atoms with Gasteiger partial charge in [-0.3, -0.25) is 10.1 Å². The summed E-state index contributed by atoms with van der Waals surface area (Å²) >= 11 is 1.27. The SMILES string of the molecule is Cc1csc(NC(=O)c2cc(Oc3cc(F)cnc3F)cn3ncnc23)n1. The van der Waals surface area contributed by atoms with Crippen LogP contribution in [0.2, 0.25) is 0 Å². The van der Waals surface area contributed by atoms with Crippen LogP contribution in [0.5, 0.6) is 11.5 Å². The highest BCUT2D eigenvalue weighted by atomic mass is 32.1. The first-order chi connectivity index (χ1) is 13.0. The Balaban J connectivity index is 1.71. The Bertz CT molecular complexity index is 1160. The van der Waals surface area contributed by atoms with Gasteiger partial charge in [-0.15, -0.1) is 11.3 Å². The third kappa shape index (κ3) is 3.44. The summed E-state index contributed by atoms with van der Waals surface area (Å²) in [6, 6.07) is 2.20. The van der Waals surface area contributed by atoms with Gasteiger partial charge in [0.2, 0.25) is 0 Å². The zero-order chi connectivity index (χ0) is 19.0. The van der Waals surface area contributed by atoms with Gasteiger partial charge in [0.25, 0.3) is 11.9 Å². The molecule has 8 nitrogen and oxygen atoms in total. The summed E-state index contributed by atoms with van der Waals surface area (Å²) in [5.74, 6) is -2.61. The molecule has 0 bridgehead atoms. The highest BCUT2D eigenvalue weighted by Crippen LogP contribution is 2.26. The number of aryl methyl sites for hydroxylation is 1. The number of hydrogen-bond acceptors (Lipinski definition) is 7. The van der Waals surface area contributed by atoms with E-state index in [0.717, 1.165) is 18.0 Å². The number of nitrogens with one attached hydrogen (secondary N) is 1. The molecule has 4 aromatic rings. The lowest BCUT2D eigenvalue weighted by Gasteiger charge is -2.09. The van der Waals surface area contributed by atoms with E-state index in [1.54, 1.807) is 12.3 Å². The van der Waals surface area contributed by atoms with Gasteiger partial charge in [-0.1, -0.05) is 0 Å². The molecule has 4 heterocycles. The molecule has 136 valence electrons. The van der Waals surface area contributed by atoms with Gasteiger partial charge >= 0.3 is 0 Å². The molecule has 0 spiro atoms. The van der Waals surface area contributed by atoms with Crippen molar-refractivity contribution in [2.24, 2.45) is 0 Å². The first-order valence-electron chi connectivity index (χ1n) is 7.55. The number of carbonyl (C=O) groups is 1. The van der Waals surface area contributed by atoms with Crippen molar-refractivity contribution in [3.8, 4) is 11.5 Å². The molecule has 27 heavy (non-hydrogen) atoms. The van der Waals surface area contributed by atoms with E-state index >= 15 is 0 Å². The molecule has 11 heteroatoms. The lowest BCUT2D eigenvalue weighted by atomic mass is 10.2. The fourth-order valence-electron chi connectivity index (χ4n) is 2.30. The van der Waals surface area contributed by atoms with Crippen molar-refractivity contribution >= 4 is 28.0 Å². The number of ether oxygens (including phenoxy) is 1. The van der Waals surface area contributed by atoms with Crippen LogP contribution in [0.15, 0.2) is 36.2 Å². The molecular weight excluding hydrogens is 378 g/mol. The molecule has 1 amide bonds. The highest BCUT2D eigenvalue weighted by molar-refractivity contribution is 7.13. The van der Waals surface area contributed by atoms with Gasteiger partial charge in [0, 0.05) is 11.4 Å². The molecule has 0 aliphatic heterocycles. The maximum atomic E-state index is 13.7. The Morgan fingerprint density at radius 1 is 1.30 bits per heavy atom. The molecule has 0 fully saturated rings. The molecule has 0 atom stereocenters. The van der Waals surface area contributed by atoms with Crippen LogP contribution < -0.4 is 10.1 Å². The number of nitrogens with zero attached hydrogens (tertiary/aromatic N) is 5. The summed E-state index contributed by atoms with van der Waals surface area (Å²) < 4.78 is 33.7. The van der Waals surface area contributed by atoms with Gasteiger partial charge in [0.15, 0.2) is 16.5 Å². The van der Waals surface area contributed by atoms with Crippen LogP contribution in [0.3, 0.4) is 0 Å². The van der Waals surface area contributed by atoms with Gasteiger partial charge in [-0.05, 0) is 13.0 Å². The number of halogens is 2. The molecule has 4 rings (SSSR count). The molecule has 0 radical (unpaired) electrons. The molecule has 0 aliphatic carbocycles. The highest BCUT2D eigenvalue weighted by Gasteiger charge is 2.17. The molecule has 1 N–H and O–H groups in total. The molecule has 0 aliphatic rings. The molecular formula is C16H10F2N6O2S. The monoisotopic (exact) mass is 388 g/mol. The van der Waals surface area contributed by atoms with Gasteiger partial charge in [-0.25, -0.2) is 23.9 Å². The van der Waals surface area contributed by atoms with E-state index in [1.807, 2.05) is 0 Å². The topological polar surface area (TPSA) is 94.3 Å². The number of fused-ring (bicyclic) bond motifs is 1. The largest absolute Gasteiger partial charge is 0.451 e. The maximum Gasteiger partial charge on any atom is 0.261 e. The first kappa shape index (κ1) is 17.0. The van der Waals surface area contributed by atoms with E-state index < -0.39 is 23.4 Å². The minimum absolute atomic E-state index is 0.0553. The summed E-state index contributed by atoms with van der Waals surface area (Å²) in [7, 11) is 0. The van der Waals surface area contributed by atoms with E-state index in [0.29, 0.717) is 5.13 Å². The average molecular weight is 388 g/mol. The number of pyridine rings is 2. The summed E-state index contributed by atoms with van der Waals surface area (Å²) in [4.78, 5) is 24.1. The Hall–Kier alpha value is -3.47. The number of amides is 1. The van der Waals surface area contributed by atoms with E-state index in [4.69, 9.17) is 4.74 Å². The lowest BCUT2D eigenvalue weighted by Crippen LogP contribution is -2.14. The van der Waals surface area contributed by atoms with Crippen molar-refractivity contribution in [3.05, 3.63) is 59.3 Å². The summed E-state index contributed by atoms with van der Waals surface area (Å²) in [6.45, 7) is 1.80. The van der Waals surface area contributed by atoms with Crippen molar-refractivity contribution in [3.63, 3.8) is 0 Å². The van der Waals surface area contributed by atoms with Crippen LogP contribution in [0.1, 0.15) is 16.1 Å².